The van der Waals surface area contributed by atoms with Gasteiger partial charge in [0.05, 0.1) is 28.3 Å². The maximum atomic E-state index is 5.26. The summed E-state index contributed by atoms with van der Waals surface area (Å²) in [6, 6.07) is 3.96. The van der Waals surface area contributed by atoms with Crippen LogP contribution in [0, 0.1) is 0 Å². The molecule has 0 aliphatic rings. The first-order valence-corrected chi connectivity index (χ1v) is 4.74. The van der Waals surface area contributed by atoms with Gasteiger partial charge in [-0.05, 0) is 0 Å². The van der Waals surface area contributed by atoms with E-state index in [9.17, 15) is 0 Å². The fraction of sp³-hybridized carbons (Fsp3) is 0.364. The lowest BCUT2D eigenvalue weighted by molar-refractivity contribution is -0.645. The first-order chi connectivity index (χ1) is 7.17. The fourth-order valence-corrected chi connectivity index (χ4v) is 1.81. The maximum absolute atomic E-state index is 5.26. The van der Waals surface area contributed by atoms with E-state index in [-0.39, 0.29) is 0 Å². The number of imidazole rings is 1. The number of hydrogen-bond acceptors (Lipinski definition) is 2. The molecule has 0 unspecified atom stereocenters. The van der Waals surface area contributed by atoms with Gasteiger partial charge in [0.25, 0.3) is 0 Å². The van der Waals surface area contributed by atoms with Crippen molar-refractivity contribution in [2.75, 3.05) is 14.2 Å². The van der Waals surface area contributed by atoms with Crippen molar-refractivity contribution in [3.05, 3.63) is 18.5 Å². The van der Waals surface area contributed by atoms with E-state index in [4.69, 9.17) is 9.47 Å². The molecule has 0 bridgehead atoms. The van der Waals surface area contributed by atoms with Crippen molar-refractivity contribution in [2.45, 2.75) is 0 Å². The third kappa shape index (κ3) is 1.42. The van der Waals surface area contributed by atoms with Crippen LogP contribution in [-0.2, 0) is 14.1 Å². The van der Waals surface area contributed by atoms with Crippen molar-refractivity contribution in [1.29, 1.82) is 0 Å². The molecule has 4 nitrogen and oxygen atoms in total. The van der Waals surface area contributed by atoms with Crippen molar-refractivity contribution in [3.8, 4) is 11.5 Å². The van der Waals surface area contributed by atoms with Gasteiger partial charge >= 0.3 is 0 Å². The van der Waals surface area contributed by atoms with Crippen LogP contribution < -0.4 is 14.0 Å². The monoisotopic (exact) mass is 207 g/mol. The first-order valence-electron chi connectivity index (χ1n) is 4.74. The number of ether oxygens (including phenoxy) is 2. The molecule has 0 saturated heterocycles. The second-order valence-corrected chi connectivity index (χ2v) is 3.53. The molecule has 80 valence electrons. The number of hydrogen-bond donors (Lipinski definition) is 0. The van der Waals surface area contributed by atoms with E-state index in [2.05, 4.69) is 9.13 Å². The van der Waals surface area contributed by atoms with Crippen LogP contribution in [0.25, 0.3) is 11.0 Å². The average Bonchev–Trinajstić information content (AvgIpc) is 2.52. The lowest BCUT2D eigenvalue weighted by atomic mass is 10.2. The third-order valence-corrected chi connectivity index (χ3v) is 2.59. The molecule has 0 aliphatic carbocycles. The van der Waals surface area contributed by atoms with Crippen molar-refractivity contribution in [1.82, 2.24) is 4.57 Å². The van der Waals surface area contributed by atoms with E-state index < -0.39 is 0 Å². The van der Waals surface area contributed by atoms with Crippen LogP contribution in [0.1, 0.15) is 0 Å². The standard InChI is InChI=1S/C11H15N2O2/c1-12-7-13(2)9-6-11(15-4)10(14-3)5-8(9)12/h5-7H,1-4H3/q+1. The Hall–Kier alpha value is -1.71. The number of aryl methyl sites for hydroxylation is 2. The maximum Gasteiger partial charge on any atom is 0.244 e. The summed E-state index contributed by atoms with van der Waals surface area (Å²) in [5, 5.41) is 0. The van der Waals surface area contributed by atoms with E-state index in [1.54, 1.807) is 14.2 Å². The number of rotatable bonds is 2. The highest BCUT2D eigenvalue weighted by molar-refractivity contribution is 5.77. The molecule has 0 radical (unpaired) electrons. The summed E-state index contributed by atoms with van der Waals surface area (Å²) >= 11 is 0. The summed E-state index contributed by atoms with van der Waals surface area (Å²) in [6.45, 7) is 0. The van der Waals surface area contributed by atoms with Crippen LogP contribution in [-0.4, -0.2) is 18.8 Å². The normalized spacial score (nSPS) is 10.7. The zero-order valence-corrected chi connectivity index (χ0v) is 9.44. The van der Waals surface area contributed by atoms with Gasteiger partial charge in [-0.3, -0.25) is 0 Å². The topological polar surface area (TPSA) is 27.3 Å². The number of benzene rings is 1. The molecule has 0 saturated carbocycles. The summed E-state index contributed by atoms with van der Waals surface area (Å²) in [5.74, 6) is 1.51. The Bertz CT molecular complexity index is 459. The average molecular weight is 207 g/mol. The number of fused-ring (bicyclic) bond motifs is 1. The van der Waals surface area contributed by atoms with E-state index in [0.717, 1.165) is 22.5 Å². The molecule has 0 fully saturated rings. The zero-order chi connectivity index (χ0) is 11.0. The Balaban J connectivity index is 2.77. The van der Waals surface area contributed by atoms with Crippen LogP contribution in [0.4, 0.5) is 0 Å². The molecule has 0 spiro atoms. The molecule has 0 atom stereocenters. The van der Waals surface area contributed by atoms with E-state index >= 15 is 0 Å². The molecule has 1 aromatic carbocycles. The number of nitrogens with zero attached hydrogens (tertiary/aromatic N) is 2. The Morgan fingerprint density at radius 3 is 2.33 bits per heavy atom. The quantitative estimate of drug-likeness (QED) is 0.687. The Labute approximate surface area is 88.6 Å². The van der Waals surface area contributed by atoms with Crippen LogP contribution in [0.2, 0.25) is 0 Å². The highest BCUT2D eigenvalue weighted by Crippen LogP contribution is 2.30. The lowest BCUT2D eigenvalue weighted by Gasteiger charge is -2.05. The molecule has 0 aliphatic heterocycles. The molecular weight excluding hydrogens is 192 g/mol. The number of aromatic nitrogens is 2. The molecule has 1 heterocycles. The second-order valence-electron chi connectivity index (χ2n) is 3.53. The third-order valence-electron chi connectivity index (χ3n) is 2.59. The zero-order valence-electron chi connectivity index (χ0n) is 9.44. The van der Waals surface area contributed by atoms with Crippen LogP contribution in [0.5, 0.6) is 11.5 Å². The summed E-state index contributed by atoms with van der Waals surface area (Å²) in [6.07, 6.45) is 2.02. The number of methoxy groups -OCH3 is 2. The molecular formula is C11H15N2O2+. The first kappa shape index (κ1) is 9.83. The van der Waals surface area contributed by atoms with Gasteiger partial charge in [0.15, 0.2) is 22.5 Å². The van der Waals surface area contributed by atoms with Gasteiger partial charge in [-0.2, -0.15) is 0 Å². The SMILES string of the molecule is COc1cc2c(cc1OC)[n+](C)cn2C. The van der Waals surface area contributed by atoms with Gasteiger partial charge in [0.2, 0.25) is 6.33 Å². The van der Waals surface area contributed by atoms with E-state index in [1.165, 1.54) is 0 Å². The predicted octanol–water partition coefficient (Wildman–Crippen LogP) is 1.02. The van der Waals surface area contributed by atoms with Crippen molar-refractivity contribution in [3.63, 3.8) is 0 Å². The summed E-state index contributed by atoms with van der Waals surface area (Å²) in [4.78, 5) is 0. The molecule has 15 heavy (non-hydrogen) atoms. The predicted molar refractivity (Wildman–Crippen MR) is 57.2 cm³/mol. The molecule has 2 rings (SSSR count). The van der Waals surface area contributed by atoms with Crippen LogP contribution >= 0.6 is 0 Å². The van der Waals surface area contributed by atoms with Gasteiger partial charge < -0.3 is 9.47 Å². The molecule has 2 aromatic rings. The van der Waals surface area contributed by atoms with Crippen molar-refractivity contribution in [2.24, 2.45) is 14.1 Å². The summed E-state index contributed by atoms with van der Waals surface area (Å²) in [5.41, 5.74) is 2.24. The Kier molecular flexibility index (Phi) is 2.26. The lowest BCUT2D eigenvalue weighted by Crippen LogP contribution is -2.25. The van der Waals surface area contributed by atoms with Gasteiger partial charge in [0.1, 0.15) is 0 Å². The summed E-state index contributed by atoms with van der Waals surface area (Å²) in [7, 11) is 7.31. The fourth-order valence-electron chi connectivity index (χ4n) is 1.81. The highest BCUT2D eigenvalue weighted by atomic mass is 16.5. The molecule has 4 heteroatoms. The van der Waals surface area contributed by atoms with Crippen LogP contribution in [0.15, 0.2) is 18.5 Å². The van der Waals surface area contributed by atoms with E-state index in [1.807, 2.05) is 32.6 Å². The van der Waals surface area contributed by atoms with E-state index in [0.29, 0.717) is 0 Å². The van der Waals surface area contributed by atoms with Crippen molar-refractivity contribution >= 4 is 11.0 Å². The van der Waals surface area contributed by atoms with Gasteiger partial charge in [0, 0.05) is 12.1 Å². The summed E-state index contributed by atoms with van der Waals surface area (Å²) < 4.78 is 14.6. The van der Waals surface area contributed by atoms with Gasteiger partial charge in [-0.25, -0.2) is 9.13 Å². The minimum absolute atomic E-state index is 0.756. The minimum Gasteiger partial charge on any atom is -0.493 e. The second kappa shape index (κ2) is 3.46. The molecule has 0 N–H and O–H groups in total. The van der Waals surface area contributed by atoms with Crippen molar-refractivity contribution < 1.29 is 14.0 Å². The highest BCUT2D eigenvalue weighted by Gasteiger charge is 2.15. The largest absolute Gasteiger partial charge is 0.493 e. The Morgan fingerprint density at radius 1 is 1.13 bits per heavy atom. The van der Waals surface area contributed by atoms with Gasteiger partial charge in [-0.1, -0.05) is 0 Å². The molecule has 1 aromatic heterocycles. The van der Waals surface area contributed by atoms with Crippen LogP contribution in [0.3, 0.4) is 0 Å². The smallest absolute Gasteiger partial charge is 0.244 e. The molecule has 0 amide bonds. The Morgan fingerprint density at radius 2 is 1.73 bits per heavy atom. The minimum atomic E-state index is 0.756. The van der Waals surface area contributed by atoms with Gasteiger partial charge in [-0.15, -0.1) is 0 Å².